The molecule has 1 aromatic heterocycles. The van der Waals surface area contributed by atoms with Crippen molar-refractivity contribution in [2.75, 3.05) is 0 Å². The molecule has 0 N–H and O–H groups in total. The van der Waals surface area contributed by atoms with Crippen molar-refractivity contribution < 1.29 is 4.39 Å². The first-order valence-electron chi connectivity index (χ1n) is 4.14. The lowest BCUT2D eigenvalue weighted by Gasteiger charge is -2.02. The third-order valence-electron chi connectivity index (χ3n) is 1.86. The summed E-state index contributed by atoms with van der Waals surface area (Å²) in [4.78, 5) is 3.97. The number of benzene rings is 1. The highest BCUT2D eigenvalue weighted by atomic mass is 127. The zero-order valence-electron chi connectivity index (χ0n) is 7.49. The van der Waals surface area contributed by atoms with Gasteiger partial charge in [0.15, 0.2) is 0 Å². The molecule has 0 spiro atoms. The smallest absolute Gasteiger partial charge is 0.211 e. The zero-order valence-corrected chi connectivity index (χ0v) is 11.2. The highest BCUT2D eigenvalue weighted by Gasteiger charge is 2.04. The number of hydrogen-bond acceptors (Lipinski definition) is 2. The highest BCUT2D eigenvalue weighted by Crippen LogP contribution is 2.15. The third-order valence-corrected chi connectivity index (χ3v) is 2.84. The van der Waals surface area contributed by atoms with Crippen LogP contribution in [0.4, 0.5) is 4.39 Å². The molecule has 0 fully saturated rings. The Balaban J connectivity index is 2.24. The van der Waals surface area contributed by atoms with E-state index in [0.29, 0.717) is 15.9 Å². The molecular weight excluding hydrogens is 376 g/mol. The maximum Gasteiger partial charge on any atom is 0.211 e. The summed E-state index contributed by atoms with van der Waals surface area (Å²) in [5.41, 5.74) is 0.597. The van der Waals surface area contributed by atoms with Crippen molar-refractivity contribution in [2.45, 2.75) is 6.54 Å². The second-order valence-electron chi connectivity index (χ2n) is 2.95. The van der Waals surface area contributed by atoms with E-state index in [1.54, 1.807) is 23.1 Å². The normalized spacial score (nSPS) is 10.6. The van der Waals surface area contributed by atoms with E-state index >= 15 is 0 Å². The molecule has 0 bridgehead atoms. The average Bonchev–Trinajstić information content (AvgIpc) is 2.56. The van der Waals surface area contributed by atoms with Crippen LogP contribution in [0.1, 0.15) is 5.56 Å². The van der Waals surface area contributed by atoms with Gasteiger partial charge in [-0.2, -0.15) is 0 Å². The monoisotopic (exact) mass is 381 g/mol. The summed E-state index contributed by atoms with van der Waals surface area (Å²) >= 11 is 5.22. The molecule has 0 aliphatic rings. The van der Waals surface area contributed by atoms with Gasteiger partial charge >= 0.3 is 0 Å². The molecule has 2 aromatic rings. The molecule has 1 aromatic carbocycles. The van der Waals surface area contributed by atoms with Crippen LogP contribution >= 0.6 is 38.5 Å². The van der Waals surface area contributed by atoms with Gasteiger partial charge in [0.25, 0.3) is 0 Å². The van der Waals surface area contributed by atoms with Crippen LogP contribution in [-0.2, 0) is 6.54 Å². The van der Waals surface area contributed by atoms with Crippen molar-refractivity contribution in [2.24, 2.45) is 0 Å². The van der Waals surface area contributed by atoms with Gasteiger partial charge in [0.1, 0.15) is 12.1 Å². The van der Waals surface area contributed by atoms with E-state index < -0.39 is 0 Å². The van der Waals surface area contributed by atoms with Crippen molar-refractivity contribution in [3.63, 3.8) is 0 Å². The van der Waals surface area contributed by atoms with Gasteiger partial charge in [0.2, 0.25) is 3.83 Å². The lowest BCUT2D eigenvalue weighted by atomic mass is 10.2. The molecule has 2 rings (SSSR count). The maximum absolute atomic E-state index is 13.4. The maximum atomic E-state index is 13.4. The number of rotatable bonds is 2. The number of nitrogens with zero attached hydrogens (tertiary/aromatic N) is 3. The van der Waals surface area contributed by atoms with E-state index in [1.165, 1.54) is 6.07 Å². The Morgan fingerprint density at radius 1 is 1.47 bits per heavy atom. The number of halogens is 3. The molecule has 0 atom stereocenters. The van der Waals surface area contributed by atoms with Gasteiger partial charge < -0.3 is 0 Å². The molecule has 0 saturated heterocycles. The van der Waals surface area contributed by atoms with Gasteiger partial charge in [-0.25, -0.2) is 14.1 Å². The summed E-state index contributed by atoms with van der Waals surface area (Å²) in [6.07, 6.45) is 1.59. The molecule has 6 heteroatoms. The number of aromatic nitrogens is 3. The second kappa shape index (κ2) is 4.56. The molecule has 0 radical (unpaired) electrons. The fourth-order valence-electron chi connectivity index (χ4n) is 1.17. The van der Waals surface area contributed by atoms with Crippen molar-refractivity contribution in [1.29, 1.82) is 0 Å². The molecule has 0 unspecified atom stereocenters. The van der Waals surface area contributed by atoms with E-state index in [2.05, 4.69) is 26.0 Å². The van der Waals surface area contributed by atoms with E-state index in [1.807, 2.05) is 22.6 Å². The first-order valence-corrected chi connectivity index (χ1v) is 6.01. The van der Waals surface area contributed by atoms with Gasteiger partial charge in [0, 0.05) is 32.6 Å². The standard InChI is InChI=1S/C9H6BrFIN3/c10-7-2-1-6(8(11)3-7)4-15-5-13-9(12)14-15/h1-3,5H,4H2. The molecule has 15 heavy (non-hydrogen) atoms. The second-order valence-corrected chi connectivity index (χ2v) is 4.83. The Morgan fingerprint density at radius 3 is 2.87 bits per heavy atom. The molecule has 0 amide bonds. The van der Waals surface area contributed by atoms with Crippen LogP contribution in [0.5, 0.6) is 0 Å². The van der Waals surface area contributed by atoms with Crippen LogP contribution in [0.15, 0.2) is 29.0 Å². The van der Waals surface area contributed by atoms with Crippen molar-refractivity contribution in [1.82, 2.24) is 14.8 Å². The van der Waals surface area contributed by atoms with Crippen LogP contribution < -0.4 is 0 Å². The van der Waals surface area contributed by atoms with Crippen molar-refractivity contribution >= 4 is 38.5 Å². The summed E-state index contributed by atoms with van der Waals surface area (Å²) < 4.78 is 16.4. The van der Waals surface area contributed by atoms with Gasteiger partial charge in [-0.05, 0) is 12.1 Å². The summed E-state index contributed by atoms with van der Waals surface area (Å²) in [5, 5.41) is 4.08. The Morgan fingerprint density at radius 2 is 2.27 bits per heavy atom. The molecule has 0 aliphatic heterocycles. The van der Waals surface area contributed by atoms with Crippen LogP contribution in [-0.4, -0.2) is 14.8 Å². The SMILES string of the molecule is Fc1cc(Br)ccc1Cn1cnc(I)n1. The highest BCUT2D eigenvalue weighted by molar-refractivity contribution is 14.1. The lowest BCUT2D eigenvalue weighted by Crippen LogP contribution is -2.02. The first kappa shape index (κ1) is 11.0. The summed E-state index contributed by atoms with van der Waals surface area (Å²) in [6.45, 7) is 0.398. The minimum absolute atomic E-state index is 0.241. The Bertz CT molecular complexity index is 486. The topological polar surface area (TPSA) is 30.7 Å². The largest absolute Gasteiger partial charge is 0.247 e. The summed E-state index contributed by atoms with van der Waals surface area (Å²) in [6, 6.07) is 4.98. The molecule has 0 aliphatic carbocycles. The van der Waals surface area contributed by atoms with Gasteiger partial charge in [-0.3, -0.25) is 0 Å². The predicted octanol–water partition coefficient (Wildman–Crippen LogP) is 2.83. The summed E-state index contributed by atoms with van der Waals surface area (Å²) in [5.74, 6) is -0.241. The Labute approximate surface area is 108 Å². The molecular formula is C9H6BrFIN3. The van der Waals surface area contributed by atoms with Crippen LogP contribution in [0.25, 0.3) is 0 Å². The van der Waals surface area contributed by atoms with E-state index in [-0.39, 0.29) is 5.82 Å². The molecule has 3 nitrogen and oxygen atoms in total. The first-order chi connectivity index (χ1) is 7.15. The van der Waals surface area contributed by atoms with E-state index in [9.17, 15) is 4.39 Å². The van der Waals surface area contributed by atoms with Crippen LogP contribution in [0, 0.1) is 9.65 Å². The van der Waals surface area contributed by atoms with Gasteiger partial charge in [0.05, 0.1) is 6.54 Å². The summed E-state index contributed by atoms with van der Waals surface area (Å²) in [7, 11) is 0. The average molecular weight is 382 g/mol. The lowest BCUT2D eigenvalue weighted by molar-refractivity contribution is 0.583. The minimum atomic E-state index is -0.241. The quantitative estimate of drug-likeness (QED) is 0.749. The van der Waals surface area contributed by atoms with Gasteiger partial charge in [-0.1, -0.05) is 22.0 Å². The number of hydrogen-bond donors (Lipinski definition) is 0. The van der Waals surface area contributed by atoms with Crippen molar-refractivity contribution in [3.8, 4) is 0 Å². The zero-order chi connectivity index (χ0) is 10.8. The molecule has 0 saturated carbocycles. The minimum Gasteiger partial charge on any atom is -0.247 e. The molecule has 78 valence electrons. The third kappa shape index (κ3) is 2.75. The van der Waals surface area contributed by atoms with Crippen LogP contribution in [0.3, 0.4) is 0 Å². The van der Waals surface area contributed by atoms with Crippen LogP contribution in [0.2, 0.25) is 0 Å². The van der Waals surface area contributed by atoms with E-state index in [0.717, 1.165) is 4.47 Å². The Kier molecular flexibility index (Phi) is 3.35. The predicted molar refractivity (Wildman–Crippen MR) is 65.9 cm³/mol. The van der Waals surface area contributed by atoms with Gasteiger partial charge in [-0.15, -0.1) is 5.10 Å². The Hall–Kier alpha value is -0.500. The fraction of sp³-hybridized carbons (Fsp3) is 0.111. The van der Waals surface area contributed by atoms with Crippen molar-refractivity contribution in [3.05, 3.63) is 44.2 Å². The fourth-order valence-corrected chi connectivity index (χ4v) is 1.91. The van der Waals surface area contributed by atoms with E-state index in [4.69, 9.17) is 0 Å². The molecule has 1 heterocycles.